The summed E-state index contributed by atoms with van der Waals surface area (Å²) < 4.78 is 65.0. The number of ether oxygens (including phenoxy) is 2. The molecule has 1 atom stereocenters. The van der Waals surface area contributed by atoms with Crippen LogP contribution in [0.2, 0.25) is 0 Å². The van der Waals surface area contributed by atoms with Gasteiger partial charge < -0.3 is 20.1 Å². The van der Waals surface area contributed by atoms with Gasteiger partial charge in [-0.3, -0.25) is 9.59 Å². The molecule has 1 fully saturated rings. The van der Waals surface area contributed by atoms with E-state index in [1.807, 2.05) is 18.2 Å². The Morgan fingerprint density at radius 2 is 1.88 bits per heavy atom. The molecule has 0 bridgehead atoms. The number of hydrogen-bond acceptors (Lipinski definition) is 6. The zero-order valence-corrected chi connectivity index (χ0v) is 19.2. The van der Waals surface area contributed by atoms with Crippen LogP contribution in [0.25, 0.3) is 0 Å². The van der Waals surface area contributed by atoms with E-state index in [1.54, 1.807) is 6.07 Å². The summed E-state index contributed by atoms with van der Waals surface area (Å²) in [6.07, 6.45) is -0.434. The fraction of sp³-hybridized carbons (Fsp3) is 0.364. The maximum Gasteiger partial charge on any atom is 0.309 e. The van der Waals surface area contributed by atoms with Crippen molar-refractivity contribution < 1.29 is 36.3 Å². The minimum atomic E-state index is -4.45. The number of hydrogen-bond donors (Lipinski definition) is 2. The number of nitrogens with zero attached hydrogens (tertiary/aromatic N) is 1. The summed E-state index contributed by atoms with van der Waals surface area (Å²) in [4.78, 5) is 23.5. The van der Waals surface area contributed by atoms with Crippen molar-refractivity contribution in [3.63, 3.8) is 0 Å². The molecule has 2 amide bonds. The Kier molecular flexibility index (Phi) is 8.53. The average molecular weight is 498 g/mol. The highest BCUT2D eigenvalue weighted by atomic mass is 32.2. The Morgan fingerprint density at radius 3 is 2.65 bits per heavy atom. The maximum atomic E-state index is 14.1. The van der Waals surface area contributed by atoms with Crippen molar-refractivity contribution in [2.24, 2.45) is 0 Å². The van der Waals surface area contributed by atoms with E-state index >= 15 is 0 Å². The van der Waals surface area contributed by atoms with Crippen LogP contribution in [-0.4, -0.2) is 64.1 Å². The van der Waals surface area contributed by atoms with E-state index in [0.717, 1.165) is 22.0 Å². The summed E-state index contributed by atoms with van der Waals surface area (Å²) >= 11 is 0. The predicted molar refractivity (Wildman–Crippen MR) is 117 cm³/mol. The summed E-state index contributed by atoms with van der Waals surface area (Å²) in [5, 5.41) is 4.81. The number of amides is 2. The Morgan fingerprint density at radius 1 is 1.15 bits per heavy atom. The predicted octanol–water partition coefficient (Wildman–Crippen LogP) is 1.19. The second-order valence-electron chi connectivity index (χ2n) is 7.40. The van der Waals surface area contributed by atoms with Gasteiger partial charge in [0, 0.05) is 13.1 Å². The van der Waals surface area contributed by atoms with Crippen LogP contribution in [0, 0.1) is 11.6 Å². The van der Waals surface area contributed by atoms with Crippen LogP contribution in [0.5, 0.6) is 5.75 Å². The Hall–Kier alpha value is -3.09. The number of sulfonamides is 1. The molecule has 1 aliphatic heterocycles. The number of nitrogens with one attached hydrogen (secondary N) is 2. The largest absolute Gasteiger partial charge is 0.496 e. The monoisotopic (exact) mass is 497 g/mol. The van der Waals surface area contributed by atoms with Crippen LogP contribution in [0.1, 0.15) is 12.0 Å². The van der Waals surface area contributed by atoms with E-state index in [2.05, 4.69) is 10.6 Å². The minimum Gasteiger partial charge on any atom is -0.496 e. The molecule has 34 heavy (non-hydrogen) atoms. The number of benzene rings is 2. The fourth-order valence-electron chi connectivity index (χ4n) is 3.46. The first-order valence-corrected chi connectivity index (χ1v) is 11.9. The number of para-hydroxylation sites is 1. The molecular weight excluding hydrogens is 472 g/mol. The Labute approximate surface area is 196 Å². The molecule has 184 valence electrons. The first-order chi connectivity index (χ1) is 16.2. The molecule has 0 spiro atoms. The number of methoxy groups -OCH3 is 1. The lowest BCUT2D eigenvalue weighted by molar-refractivity contribution is -0.140. The van der Waals surface area contributed by atoms with Gasteiger partial charge in [-0.05, 0) is 42.7 Å². The number of rotatable bonds is 8. The molecule has 2 aromatic rings. The second kappa shape index (κ2) is 11.4. The maximum absolute atomic E-state index is 14.1. The van der Waals surface area contributed by atoms with Crippen molar-refractivity contribution in [3.8, 4) is 5.75 Å². The highest BCUT2D eigenvalue weighted by Crippen LogP contribution is 2.25. The van der Waals surface area contributed by atoms with Crippen molar-refractivity contribution in [2.75, 3.05) is 33.4 Å². The van der Waals surface area contributed by atoms with Crippen molar-refractivity contribution in [3.05, 3.63) is 59.7 Å². The van der Waals surface area contributed by atoms with Gasteiger partial charge in [-0.15, -0.1) is 0 Å². The molecule has 1 heterocycles. The highest BCUT2D eigenvalue weighted by molar-refractivity contribution is 7.89. The van der Waals surface area contributed by atoms with E-state index in [-0.39, 0.29) is 26.2 Å². The molecule has 0 aromatic heterocycles. The molecule has 0 saturated carbocycles. The number of halogens is 2. The van der Waals surface area contributed by atoms with Gasteiger partial charge in [-0.2, -0.15) is 4.31 Å². The van der Waals surface area contributed by atoms with Crippen molar-refractivity contribution in [1.82, 2.24) is 14.9 Å². The summed E-state index contributed by atoms with van der Waals surface area (Å²) in [6.45, 7) is -0.00590. The topological polar surface area (TPSA) is 114 Å². The Balaban J connectivity index is 1.58. The first-order valence-electron chi connectivity index (χ1n) is 10.5. The van der Waals surface area contributed by atoms with Crippen molar-refractivity contribution in [2.45, 2.75) is 24.0 Å². The third-order valence-corrected chi connectivity index (χ3v) is 7.05. The molecule has 1 aliphatic rings. The zero-order valence-electron chi connectivity index (χ0n) is 18.4. The molecule has 2 N–H and O–H groups in total. The van der Waals surface area contributed by atoms with E-state index in [0.29, 0.717) is 24.7 Å². The molecule has 0 aliphatic carbocycles. The Bertz CT molecular complexity index is 1150. The van der Waals surface area contributed by atoms with Gasteiger partial charge in [0.1, 0.15) is 28.5 Å². The first kappa shape index (κ1) is 25.5. The number of carbonyl (C=O) groups is 2. The lowest BCUT2D eigenvalue weighted by atomic mass is 10.1. The minimum absolute atomic E-state index is 0.0239. The average Bonchev–Trinajstić information content (AvgIpc) is 2.84. The lowest BCUT2D eigenvalue weighted by Crippen LogP contribution is -2.53. The molecule has 0 radical (unpaired) electrons. The quantitative estimate of drug-likeness (QED) is 0.530. The van der Waals surface area contributed by atoms with Gasteiger partial charge in [0.25, 0.3) is 0 Å². The summed E-state index contributed by atoms with van der Waals surface area (Å²) in [6, 6.07) is 9.37. The second-order valence-corrected chi connectivity index (χ2v) is 9.26. The zero-order chi connectivity index (χ0) is 24.7. The van der Waals surface area contributed by atoms with Gasteiger partial charge in [-0.1, -0.05) is 18.2 Å². The third-order valence-electron chi connectivity index (χ3n) is 5.15. The summed E-state index contributed by atoms with van der Waals surface area (Å²) in [5.41, 5.74) is 0.853. The van der Waals surface area contributed by atoms with Gasteiger partial charge in [-0.25, -0.2) is 17.2 Å². The van der Waals surface area contributed by atoms with Crippen LogP contribution >= 0.6 is 0 Å². The van der Waals surface area contributed by atoms with Crippen molar-refractivity contribution >= 4 is 21.8 Å². The highest BCUT2D eigenvalue weighted by Gasteiger charge is 2.36. The molecule has 12 heteroatoms. The van der Waals surface area contributed by atoms with Crippen LogP contribution in [0.4, 0.5) is 8.78 Å². The van der Waals surface area contributed by atoms with Gasteiger partial charge >= 0.3 is 11.8 Å². The van der Waals surface area contributed by atoms with Gasteiger partial charge in [0.2, 0.25) is 10.0 Å². The van der Waals surface area contributed by atoms with E-state index < -0.39 is 44.6 Å². The standard InChI is InChI=1S/C22H25F2N3O6S/c1-32-18-6-3-2-5-15(18)9-10-25-21(28)22(29)26-14-20-27(11-4-12-33-20)34(30,31)19-13-16(23)7-8-17(19)24/h2-3,5-8,13,20H,4,9-12,14H2,1H3,(H,25,28)(H,26,29)/t20-/m0/s1. The molecule has 1 saturated heterocycles. The molecule has 2 aromatic carbocycles. The molecular formula is C22H25F2N3O6S. The van der Waals surface area contributed by atoms with Crippen molar-refractivity contribution in [1.29, 1.82) is 0 Å². The van der Waals surface area contributed by atoms with E-state index in [4.69, 9.17) is 9.47 Å². The third kappa shape index (κ3) is 6.07. The number of carbonyl (C=O) groups excluding carboxylic acids is 2. The summed E-state index contributed by atoms with van der Waals surface area (Å²) in [7, 11) is -2.92. The van der Waals surface area contributed by atoms with Crippen LogP contribution in [-0.2, 0) is 30.8 Å². The van der Waals surface area contributed by atoms with Crippen LogP contribution < -0.4 is 15.4 Å². The summed E-state index contributed by atoms with van der Waals surface area (Å²) in [5.74, 6) is -3.25. The van der Waals surface area contributed by atoms with Gasteiger partial charge in [0.15, 0.2) is 0 Å². The van der Waals surface area contributed by atoms with E-state index in [9.17, 15) is 26.8 Å². The normalized spacial score (nSPS) is 16.6. The molecule has 0 unspecified atom stereocenters. The SMILES string of the molecule is COc1ccccc1CCNC(=O)C(=O)NC[C@@H]1OCCCN1S(=O)(=O)c1cc(F)ccc1F. The lowest BCUT2D eigenvalue weighted by Gasteiger charge is -2.34. The van der Waals surface area contributed by atoms with E-state index in [1.165, 1.54) is 7.11 Å². The molecule has 9 nitrogen and oxygen atoms in total. The van der Waals surface area contributed by atoms with Gasteiger partial charge in [0.05, 0.1) is 20.3 Å². The smallest absolute Gasteiger partial charge is 0.309 e. The van der Waals surface area contributed by atoms with Crippen LogP contribution in [0.3, 0.4) is 0 Å². The molecule has 3 rings (SSSR count). The fourth-order valence-corrected chi connectivity index (χ4v) is 5.11. The van der Waals surface area contributed by atoms with Crippen LogP contribution in [0.15, 0.2) is 47.4 Å².